The Morgan fingerprint density at radius 1 is 0.430 bits per heavy atom. The van der Waals surface area contributed by atoms with Gasteiger partial charge in [0.05, 0.1) is 40.0 Å². The molecule has 0 aliphatic carbocycles. The van der Waals surface area contributed by atoms with Gasteiger partial charge in [-0.25, -0.2) is 0 Å². The third-order valence-electron chi connectivity index (χ3n) is 16.5. The highest BCUT2D eigenvalue weighted by atomic mass is 16.5. The summed E-state index contributed by atoms with van der Waals surface area (Å²) in [6.45, 7) is 12.5. The van der Waals surface area contributed by atoms with Crippen LogP contribution in [0.3, 0.4) is 0 Å². The van der Waals surface area contributed by atoms with Gasteiger partial charge in [-0.1, -0.05) is 241 Å². The predicted octanol–water partition coefficient (Wildman–Crippen LogP) is 17.5. The van der Waals surface area contributed by atoms with Crippen molar-refractivity contribution in [3.63, 3.8) is 0 Å². The number of hydrogen-bond acceptors (Lipinski definition) is 2. The number of ether oxygens (including phenoxy) is 1. The van der Waals surface area contributed by atoms with Crippen molar-refractivity contribution in [1.29, 1.82) is 0 Å². The topological polar surface area (TPSA) is 17.4 Å². The Kier molecular flexibility index (Phi) is 7.80. The number of benzene rings is 11. The summed E-state index contributed by atoms with van der Waals surface area (Å²) in [7, 11) is 0. The highest BCUT2D eigenvalue weighted by molar-refractivity contribution is 6.99. The van der Waals surface area contributed by atoms with Crippen LogP contribution in [0.2, 0.25) is 0 Å². The molecular weight excluding hydrogens is 956 g/mol. The minimum Gasteiger partial charge on any atom is -0.457 e. The van der Waals surface area contributed by atoms with Crippen LogP contribution in [0.1, 0.15) is 92.7 Å². The van der Waals surface area contributed by atoms with Gasteiger partial charge in [0.2, 0.25) is 6.71 Å². The van der Waals surface area contributed by atoms with Crippen LogP contribution < -0.4 is 26.0 Å². The third-order valence-corrected chi connectivity index (χ3v) is 16.5. The molecule has 79 heavy (non-hydrogen) atoms. The Hall–Kier alpha value is -9.12. The number of hydrogen-bond donors (Lipinski definition) is 0. The maximum absolute atomic E-state index is 9.68. The minimum atomic E-state index is -1.14. The van der Waals surface area contributed by atoms with Crippen LogP contribution in [0.5, 0.6) is 11.5 Å². The average molecular weight is 1030 g/mol. The highest BCUT2D eigenvalue weighted by Crippen LogP contribution is 2.59. The first-order chi connectivity index (χ1) is 43.9. The molecule has 1 spiro atoms. The maximum atomic E-state index is 9.68. The monoisotopic (exact) mass is 1030 g/mol. The molecule has 15 rings (SSSR count). The molecule has 4 heterocycles. The maximum Gasteiger partial charge on any atom is 0.247 e. The van der Waals surface area contributed by atoms with Crippen molar-refractivity contribution in [1.82, 2.24) is 4.57 Å². The molecule has 0 saturated heterocycles. The summed E-state index contributed by atoms with van der Waals surface area (Å²) >= 11 is 0. The summed E-state index contributed by atoms with van der Waals surface area (Å²) in [4.78, 5) is 2.34. The molecule has 0 fully saturated rings. The van der Waals surface area contributed by atoms with E-state index in [0.29, 0.717) is 28.4 Å². The molecule has 378 valence electrons. The van der Waals surface area contributed by atoms with E-state index in [1.54, 1.807) is 4.57 Å². The first-order valence-corrected chi connectivity index (χ1v) is 26.9. The molecule has 3 nitrogen and oxygen atoms in total. The second-order valence-electron chi connectivity index (χ2n) is 23.0. The Morgan fingerprint density at radius 2 is 0.975 bits per heavy atom. The second-order valence-corrected chi connectivity index (χ2v) is 23.0. The molecule has 3 aliphatic heterocycles. The van der Waals surface area contributed by atoms with Crippen molar-refractivity contribution < 1.29 is 22.6 Å². The first-order valence-electron chi connectivity index (χ1n) is 33.4. The van der Waals surface area contributed by atoms with E-state index in [1.807, 2.05) is 103 Å². The van der Waals surface area contributed by atoms with Gasteiger partial charge in [-0.05, 0) is 121 Å². The number of nitrogens with zero attached hydrogens (tertiary/aromatic N) is 2. The van der Waals surface area contributed by atoms with Gasteiger partial charge >= 0.3 is 0 Å². The summed E-state index contributed by atoms with van der Waals surface area (Å²) in [5.74, 6) is 1.30. The molecule has 0 amide bonds. The van der Waals surface area contributed by atoms with Crippen molar-refractivity contribution in [3.05, 3.63) is 282 Å². The summed E-state index contributed by atoms with van der Waals surface area (Å²) in [6.07, 6.45) is 0. The summed E-state index contributed by atoms with van der Waals surface area (Å²) in [5.41, 5.74) is 12.8. The molecule has 0 N–H and O–H groups in total. The molecule has 0 radical (unpaired) electrons. The fourth-order valence-electron chi connectivity index (χ4n) is 12.9. The van der Waals surface area contributed by atoms with Gasteiger partial charge in [0.25, 0.3) is 0 Å². The van der Waals surface area contributed by atoms with Crippen LogP contribution in [0.15, 0.2) is 248 Å². The van der Waals surface area contributed by atoms with E-state index in [9.17, 15) is 8.22 Å². The van der Waals surface area contributed by atoms with E-state index >= 15 is 0 Å². The van der Waals surface area contributed by atoms with Crippen LogP contribution in [0.4, 0.5) is 17.1 Å². The number of rotatable bonds is 5. The number of para-hydroxylation sites is 4. The van der Waals surface area contributed by atoms with Crippen molar-refractivity contribution in [2.45, 2.75) is 57.8 Å². The molecule has 0 saturated carbocycles. The zero-order valence-electron chi connectivity index (χ0n) is 57.5. The van der Waals surface area contributed by atoms with E-state index in [1.165, 1.54) is 0 Å². The predicted molar refractivity (Wildman–Crippen MR) is 332 cm³/mol. The van der Waals surface area contributed by atoms with E-state index in [-0.39, 0.29) is 44.9 Å². The standard InChI is InChI=1S/C75H59BN2O/c1-73(2,3)52-43-57(49-26-12-8-13-27-49)72(58(44-52)50-28-14-9-15-29-50)78-67-47-54(77-65-34-20-16-30-55(65)56-31-17-21-35-66(56)77)39-41-63(67)76-64-42-51(48-24-10-7-11-25-48)38-40-59(64)75(62-45-53(74(4,5)6)46-68(78)71(62)76)60-32-18-22-36-69(60)79-70-37-23-19-33-61(70)75/h7-47H,1-6H3/i7D,10D,11D,16D,17D,20D,21D,24D,25D,30D,31D,34D,35D. The largest absolute Gasteiger partial charge is 0.457 e. The third kappa shape index (κ3) is 7.06. The van der Waals surface area contributed by atoms with E-state index in [0.717, 1.165) is 83.4 Å². The molecule has 1 aromatic heterocycles. The van der Waals surface area contributed by atoms with Crippen LogP contribution in [0, 0.1) is 0 Å². The Labute approximate surface area is 482 Å². The number of aromatic nitrogens is 1. The second kappa shape index (κ2) is 17.4. The normalized spacial score (nSPS) is 16.2. The zero-order chi connectivity index (χ0) is 64.7. The van der Waals surface area contributed by atoms with Gasteiger partial charge in [-0.3, -0.25) is 0 Å². The fourth-order valence-corrected chi connectivity index (χ4v) is 12.9. The lowest BCUT2D eigenvalue weighted by Gasteiger charge is -2.51. The van der Waals surface area contributed by atoms with Crippen molar-refractivity contribution in [3.8, 4) is 50.6 Å². The summed E-state index contributed by atoms with van der Waals surface area (Å²) in [6, 6.07) is 51.8. The number of anilines is 3. The number of fused-ring (bicyclic) bond motifs is 13. The van der Waals surface area contributed by atoms with Gasteiger partial charge in [0.15, 0.2) is 0 Å². The molecular formula is C75H59BN2O. The van der Waals surface area contributed by atoms with E-state index in [2.05, 4.69) is 113 Å². The van der Waals surface area contributed by atoms with Gasteiger partial charge in [-0.15, -0.1) is 0 Å². The smallest absolute Gasteiger partial charge is 0.247 e. The lowest BCUT2D eigenvalue weighted by molar-refractivity contribution is 0.435. The molecule has 12 aromatic rings. The lowest BCUT2D eigenvalue weighted by atomic mass is 9.29. The van der Waals surface area contributed by atoms with Crippen LogP contribution in [-0.2, 0) is 16.2 Å². The summed E-state index contributed by atoms with van der Waals surface area (Å²) in [5, 5.41) is -0.0897. The Morgan fingerprint density at radius 3 is 1.57 bits per heavy atom. The van der Waals surface area contributed by atoms with Crippen LogP contribution in [0.25, 0.3) is 60.9 Å². The van der Waals surface area contributed by atoms with Gasteiger partial charge in [0, 0.05) is 50.1 Å². The van der Waals surface area contributed by atoms with Crippen LogP contribution in [-0.4, -0.2) is 11.3 Å². The van der Waals surface area contributed by atoms with Crippen LogP contribution >= 0.6 is 0 Å². The molecule has 0 atom stereocenters. The van der Waals surface area contributed by atoms with Gasteiger partial charge in [-0.2, -0.15) is 0 Å². The van der Waals surface area contributed by atoms with E-state index < -0.39 is 84.0 Å². The van der Waals surface area contributed by atoms with Crippen molar-refractivity contribution in [2.24, 2.45) is 0 Å². The fraction of sp³-hybridized carbons (Fsp3) is 0.120. The molecule has 11 aromatic carbocycles. The Bertz CT molecular complexity index is 5010. The molecule has 0 unspecified atom stereocenters. The molecule has 0 bridgehead atoms. The van der Waals surface area contributed by atoms with Gasteiger partial charge in [0.1, 0.15) is 11.5 Å². The van der Waals surface area contributed by atoms with E-state index in [4.69, 9.17) is 14.3 Å². The minimum absolute atomic E-state index is 0.0208. The quantitative estimate of drug-likeness (QED) is 0.160. The average Bonchev–Trinajstić information content (AvgIpc) is 0.875. The molecule has 3 aliphatic rings. The zero-order valence-corrected chi connectivity index (χ0v) is 44.5. The highest BCUT2D eigenvalue weighted by Gasteiger charge is 2.55. The first kappa shape index (κ1) is 35.3. The van der Waals surface area contributed by atoms with Crippen molar-refractivity contribution in [2.75, 3.05) is 4.90 Å². The summed E-state index contributed by atoms with van der Waals surface area (Å²) < 4.78 is 128. The van der Waals surface area contributed by atoms with Gasteiger partial charge < -0.3 is 14.2 Å². The SMILES string of the molecule is [2H]c1c([2H])c([2H])c(-c2ccc3c(c2)B2c4ccc(-n5c6c([2H])c([2H])c([2H])c([2H])c6c6c([2H])c([2H])c([2H])c([2H])c65)cc4N(c4c(-c5ccccc5)cc(C(C)(C)C)cc4-c4ccccc4)c4cc(C(C)(C)C)cc(c42)C32c3ccccc3Oc3ccccc32)c([2H])c1[2H]. The van der Waals surface area contributed by atoms with Crippen molar-refractivity contribution >= 4 is 62.0 Å². The Balaban J connectivity index is 1.19. The molecule has 4 heteroatoms. The lowest BCUT2D eigenvalue weighted by Crippen LogP contribution is -2.65.